The molecule has 4 heterocycles. The fraction of sp³-hybridized carbons (Fsp3) is 0.500. The van der Waals surface area contributed by atoms with Crippen LogP contribution in [0.25, 0.3) is 0 Å². The summed E-state index contributed by atoms with van der Waals surface area (Å²) < 4.78 is 7.56. The molecular formula is C28H32N6O6. The van der Waals surface area contributed by atoms with Gasteiger partial charge in [-0.2, -0.15) is 5.10 Å². The molecule has 1 unspecified atom stereocenters. The largest absolute Gasteiger partial charge is 0.446 e. The number of nitrogens with one attached hydrogen (secondary N) is 2. The summed E-state index contributed by atoms with van der Waals surface area (Å²) in [4.78, 5) is 65.5. The second-order valence-corrected chi connectivity index (χ2v) is 10.9. The normalized spacial score (nSPS) is 22.1. The molecule has 2 saturated heterocycles. The Kier molecular flexibility index (Phi) is 6.99. The van der Waals surface area contributed by atoms with Crippen molar-refractivity contribution < 1.29 is 28.7 Å². The summed E-state index contributed by atoms with van der Waals surface area (Å²) in [7, 11) is 0. The van der Waals surface area contributed by atoms with Crippen LogP contribution in [-0.4, -0.2) is 74.5 Å². The van der Waals surface area contributed by atoms with Crippen molar-refractivity contribution in [3.8, 4) is 0 Å². The number of fused-ring (bicyclic) bond motifs is 1. The highest BCUT2D eigenvalue weighted by Crippen LogP contribution is 2.33. The monoisotopic (exact) mass is 548 g/mol. The number of imide groups is 2. The Morgan fingerprint density at radius 3 is 2.55 bits per heavy atom. The summed E-state index contributed by atoms with van der Waals surface area (Å²) in [5.41, 5.74) is 1.85. The number of benzene rings is 1. The predicted octanol–water partition coefficient (Wildman–Crippen LogP) is 2.61. The Hall–Kier alpha value is -4.22. The van der Waals surface area contributed by atoms with Gasteiger partial charge in [-0.25, -0.2) is 4.79 Å². The van der Waals surface area contributed by atoms with Crippen LogP contribution in [0.15, 0.2) is 30.6 Å². The van der Waals surface area contributed by atoms with Crippen LogP contribution in [0.3, 0.4) is 0 Å². The van der Waals surface area contributed by atoms with Crippen molar-refractivity contribution in [2.24, 2.45) is 0 Å². The lowest BCUT2D eigenvalue weighted by molar-refractivity contribution is -0.136. The van der Waals surface area contributed by atoms with Crippen molar-refractivity contribution in [2.75, 3.05) is 18.4 Å². The van der Waals surface area contributed by atoms with Crippen LogP contribution in [0.1, 0.15) is 83.7 Å². The van der Waals surface area contributed by atoms with Crippen molar-refractivity contribution in [1.82, 2.24) is 24.9 Å². The Labute approximate surface area is 231 Å². The van der Waals surface area contributed by atoms with E-state index in [0.29, 0.717) is 25.3 Å². The molecule has 1 atom stereocenters. The molecule has 40 heavy (non-hydrogen) atoms. The number of aromatic nitrogens is 2. The van der Waals surface area contributed by atoms with Crippen LogP contribution in [0.2, 0.25) is 0 Å². The van der Waals surface area contributed by atoms with Gasteiger partial charge in [-0.15, -0.1) is 0 Å². The van der Waals surface area contributed by atoms with Gasteiger partial charge in [-0.05, 0) is 57.1 Å². The first-order valence-corrected chi connectivity index (χ1v) is 14.0. The maximum atomic E-state index is 13.3. The van der Waals surface area contributed by atoms with Crippen LogP contribution in [0.5, 0.6) is 0 Å². The molecule has 210 valence electrons. The molecule has 0 bridgehead atoms. The minimum Gasteiger partial charge on any atom is -0.446 e. The minimum absolute atomic E-state index is 0.0613. The molecule has 1 aromatic heterocycles. The van der Waals surface area contributed by atoms with Crippen LogP contribution in [0.4, 0.5) is 10.5 Å². The van der Waals surface area contributed by atoms with Gasteiger partial charge >= 0.3 is 6.09 Å². The Bertz CT molecular complexity index is 1360. The zero-order chi connectivity index (χ0) is 27.8. The van der Waals surface area contributed by atoms with Crippen molar-refractivity contribution in [1.29, 1.82) is 0 Å². The topological polar surface area (TPSA) is 143 Å². The maximum absolute atomic E-state index is 13.3. The Balaban J connectivity index is 1.06. The molecular weight excluding hydrogens is 516 g/mol. The zero-order valence-corrected chi connectivity index (χ0v) is 22.1. The van der Waals surface area contributed by atoms with E-state index in [2.05, 4.69) is 15.7 Å². The average molecular weight is 549 g/mol. The number of hydrogen-bond acceptors (Lipinski definition) is 8. The number of piperidine rings is 2. The first-order valence-electron chi connectivity index (χ1n) is 14.0. The highest BCUT2D eigenvalue weighted by atomic mass is 16.6. The van der Waals surface area contributed by atoms with Crippen molar-refractivity contribution in [3.05, 3.63) is 47.3 Å². The van der Waals surface area contributed by atoms with Crippen LogP contribution in [0, 0.1) is 0 Å². The van der Waals surface area contributed by atoms with Crippen LogP contribution in [-0.2, 0) is 20.9 Å². The number of carbonyl (C=O) groups is 5. The molecule has 0 radical (unpaired) electrons. The number of anilines is 1. The predicted molar refractivity (Wildman–Crippen MR) is 141 cm³/mol. The second-order valence-electron chi connectivity index (χ2n) is 10.9. The maximum Gasteiger partial charge on any atom is 0.410 e. The number of amides is 5. The fourth-order valence-electron chi connectivity index (χ4n) is 6.06. The molecule has 5 amide bonds. The van der Waals surface area contributed by atoms with E-state index in [4.69, 9.17) is 4.74 Å². The van der Waals surface area contributed by atoms with Crippen molar-refractivity contribution >= 4 is 35.4 Å². The van der Waals surface area contributed by atoms with Gasteiger partial charge < -0.3 is 15.0 Å². The second kappa shape index (κ2) is 10.7. The fourth-order valence-corrected chi connectivity index (χ4v) is 6.06. The summed E-state index contributed by atoms with van der Waals surface area (Å²) in [5.74, 6) is -2.13. The summed E-state index contributed by atoms with van der Waals surface area (Å²) in [5, 5.41) is 10.00. The van der Waals surface area contributed by atoms with Gasteiger partial charge in [-0.1, -0.05) is 6.07 Å². The van der Waals surface area contributed by atoms with E-state index < -0.39 is 29.7 Å². The smallest absolute Gasteiger partial charge is 0.410 e. The third-order valence-electron chi connectivity index (χ3n) is 8.27. The van der Waals surface area contributed by atoms with E-state index in [1.165, 1.54) is 0 Å². The molecule has 6 rings (SSSR count). The van der Waals surface area contributed by atoms with Gasteiger partial charge in [0, 0.05) is 43.5 Å². The highest BCUT2D eigenvalue weighted by Gasteiger charge is 2.45. The van der Waals surface area contributed by atoms with Crippen molar-refractivity contribution in [2.45, 2.75) is 76.1 Å². The summed E-state index contributed by atoms with van der Waals surface area (Å²) >= 11 is 0. The molecule has 12 nitrogen and oxygen atoms in total. The molecule has 2 N–H and O–H groups in total. The van der Waals surface area contributed by atoms with Crippen LogP contribution >= 0.6 is 0 Å². The number of carbonyl (C=O) groups excluding carboxylic acids is 5. The molecule has 12 heteroatoms. The number of hydrogen-bond donors (Lipinski definition) is 2. The van der Waals surface area contributed by atoms with E-state index >= 15 is 0 Å². The molecule has 4 aliphatic rings. The molecule has 1 aliphatic carbocycles. The SMILES string of the molecule is O=C1CCC(N2C(=O)c3cccc(NCc4cnn(C5CCN(C(=O)OC6CCCC6)CC5)c4)c3C2=O)C(=O)N1. The lowest BCUT2D eigenvalue weighted by atomic mass is 10.0. The summed E-state index contributed by atoms with van der Waals surface area (Å²) in [6.45, 7) is 1.63. The third kappa shape index (κ3) is 4.93. The standard InChI is InChI=1S/C28H32N6O6/c35-23-9-8-22(25(36)31-23)34-26(37)20-6-3-7-21(24(20)27(34)38)29-14-17-15-30-33(16-17)18-10-12-32(13-11-18)28(39)40-19-4-1-2-5-19/h3,6-7,15-16,18-19,22,29H,1-2,4-5,8-14H2,(H,31,35,36). The Morgan fingerprint density at radius 2 is 1.80 bits per heavy atom. The van der Waals surface area contributed by atoms with E-state index in [-0.39, 0.29) is 42.2 Å². The number of nitrogens with zero attached hydrogens (tertiary/aromatic N) is 4. The van der Waals surface area contributed by atoms with Crippen molar-refractivity contribution in [3.63, 3.8) is 0 Å². The quantitative estimate of drug-likeness (QED) is 0.525. The van der Waals surface area contributed by atoms with Crippen LogP contribution < -0.4 is 10.6 Å². The van der Waals surface area contributed by atoms with Gasteiger partial charge in [0.25, 0.3) is 11.8 Å². The van der Waals surface area contributed by atoms with E-state index in [1.807, 2.05) is 10.9 Å². The minimum atomic E-state index is -1.01. The van der Waals surface area contributed by atoms with E-state index in [0.717, 1.165) is 49.0 Å². The first-order chi connectivity index (χ1) is 19.4. The zero-order valence-electron chi connectivity index (χ0n) is 22.1. The third-order valence-corrected chi connectivity index (χ3v) is 8.27. The molecule has 2 aromatic rings. The van der Waals surface area contributed by atoms with Gasteiger partial charge in [0.15, 0.2) is 0 Å². The number of likely N-dealkylation sites (tertiary alicyclic amines) is 1. The summed E-state index contributed by atoms with van der Waals surface area (Å²) in [6.07, 6.45) is 9.48. The summed E-state index contributed by atoms with van der Waals surface area (Å²) in [6, 6.07) is 4.15. The molecule has 1 saturated carbocycles. The van der Waals surface area contributed by atoms with Gasteiger partial charge in [-0.3, -0.25) is 34.1 Å². The highest BCUT2D eigenvalue weighted by molar-refractivity contribution is 6.25. The molecule has 0 spiro atoms. The average Bonchev–Trinajstić information content (AvgIpc) is 3.70. The Morgan fingerprint density at radius 1 is 1.02 bits per heavy atom. The number of ether oxygens (including phenoxy) is 1. The molecule has 3 aliphatic heterocycles. The molecule has 3 fully saturated rings. The first kappa shape index (κ1) is 26.0. The van der Waals surface area contributed by atoms with Gasteiger partial charge in [0.2, 0.25) is 11.8 Å². The lowest BCUT2D eigenvalue weighted by Gasteiger charge is -2.32. The van der Waals surface area contributed by atoms with E-state index in [1.54, 1.807) is 29.3 Å². The van der Waals surface area contributed by atoms with E-state index in [9.17, 15) is 24.0 Å². The number of rotatable bonds is 6. The lowest BCUT2D eigenvalue weighted by Crippen LogP contribution is -2.54. The molecule has 1 aromatic carbocycles. The van der Waals surface area contributed by atoms with Gasteiger partial charge in [0.05, 0.1) is 23.4 Å². The van der Waals surface area contributed by atoms with Gasteiger partial charge in [0.1, 0.15) is 12.1 Å².